The molecule has 190 valence electrons. The third kappa shape index (κ3) is 7.67. The first-order valence-corrected chi connectivity index (χ1v) is 13.6. The normalized spacial score (nSPS) is 11.2. The SMILES string of the molecule is O=C(COc1ccc(S(=O)(=O)NCc2ccccc2)cc1Cl)N(Cc1ccccc1)Cc1ccccc1. The average Bonchev–Trinajstić information content (AvgIpc) is 2.92. The van der Waals surface area contributed by atoms with E-state index in [4.69, 9.17) is 16.3 Å². The number of nitrogens with zero attached hydrogens (tertiary/aromatic N) is 1. The molecule has 0 aliphatic rings. The molecule has 0 unspecified atom stereocenters. The van der Waals surface area contributed by atoms with Gasteiger partial charge < -0.3 is 9.64 Å². The minimum atomic E-state index is -3.78. The number of amides is 1. The Morgan fingerprint density at radius 1 is 0.757 bits per heavy atom. The molecule has 0 aliphatic carbocycles. The van der Waals surface area contributed by atoms with Gasteiger partial charge in [-0.15, -0.1) is 0 Å². The Morgan fingerprint density at radius 3 is 1.78 bits per heavy atom. The van der Waals surface area contributed by atoms with E-state index >= 15 is 0 Å². The van der Waals surface area contributed by atoms with E-state index < -0.39 is 10.0 Å². The van der Waals surface area contributed by atoms with Crippen molar-refractivity contribution >= 4 is 27.5 Å². The molecular formula is C29H27ClN2O4S. The highest BCUT2D eigenvalue weighted by molar-refractivity contribution is 7.89. The quantitative estimate of drug-likeness (QED) is 0.278. The zero-order chi connectivity index (χ0) is 26.1. The Balaban J connectivity index is 1.41. The number of sulfonamides is 1. The molecular weight excluding hydrogens is 508 g/mol. The first kappa shape index (κ1) is 26.4. The summed E-state index contributed by atoms with van der Waals surface area (Å²) in [6.45, 7) is 0.774. The molecule has 4 rings (SSSR count). The van der Waals surface area contributed by atoms with Gasteiger partial charge >= 0.3 is 0 Å². The molecule has 0 fully saturated rings. The van der Waals surface area contributed by atoms with Gasteiger partial charge in [0.05, 0.1) is 9.92 Å². The molecule has 0 aliphatic heterocycles. The van der Waals surface area contributed by atoms with Crippen LogP contribution in [0.2, 0.25) is 5.02 Å². The Hall–Kier alpha value is -3.65. The molecule has 37 heavy (non-hydrogen) atoms. The van der Waals surface area contributed by atoms with Gasteiger partial charge in [-0.2, -0.15) is 0 Å². The van der Waals surface area contributed by atoms with Gasteiger partial charge in [-0.3, -0.25) is 4.79 Å². The second-order valence-corrected chi connectivity index (χ2v) is 10.6. The van der Waals surface area contributed by atoms with Crippen LogP contribution in [0.4, 0.5) is 0 Å². The molecule has 1 N–H and O–H groups in total. The van der Waals surface area contributed by atoms with Crippen LogP contribution in [0.3, 0.4) is 0 Å². The van der Waals surface area contributed by atoms with Crippen molar-refractivity contribution in [1.29, 1.82) is 0 Å². The van der Waals surface area contributed by atoms with Crippen LogP contribution in [0.15, 0.2) is 114 Å². The van der Waals surface area contributed by atoms with E-state index in [9.17, 15) is 13.2 Å². The predicted octanol–water partition coefficient (Wildman–Crippen LogP) is 5.43. The lowest BCUT2D eigenvalue weighted by Gasteiger charge is -2.23. The molecule has 1 amide bonds. The maximum Gasteiger partial charge on any atom is 0.261 e. The molecule has 0 atom stereocenters. The number of rotatable bonds is 11. The molecule has 0 saturated heterocycles. The highest BCUT2D eigenvalue weighted by atomic mass is 35.5. The summed E-state index contributed by atoms with van der Waals surface area (Å²) in [5.41, 5.74) is 2.84. The maximum atomic E-state index is 13.1. The fourth-order valence-corrected chi connectivity index (χ4v) is 5.04. The first-order valence-electron chi connectivity index (χ1n) is 11.7. The molecule has 0 bridgehead atoms. The fraction of sp³-hybridized carbons (Fsp3) is 0.138. The van der Waals surface area contributed by atoms with E-state index in [1.807, 2.05) is 91.0 Å². The van der Waals surface area contributed by atoms with E-state index in [0.717, 1.165) is 16.7 Å². The number of hydrogen-bond donors (Lipinski definition) is 1. The number of ether oxygens (including phenoxy) is 1. The van der Waals surface area contributed by atoms with Crippen LogP contribution in [0.1, 0.15) is 16.7 Å². The van der Waals surface area contributed by atoms with E-state index in [2.05, 4.69) is 4.72 Å². The number of hydrogen-bond acceptors (Lipinski definition) is 4. The van der Waals surface area contributed by atoms with Crippen LogP contribution < -0.4 is 9.46 Å². The van der Waals surface area contributed by atoms with Crippen molar-refractivity contribution < 1.29 is 17.9 Å². The highest BCUT2D eigenvalue weighted by Gasteiger charge is 2.19. The van der Waals surface area contributed by atoms with Gasteiger partial charge in [-0.05, 0) is 34.9 Å². The molecule has 0 radical (unpaired) electrons. The van der Waals surface area contributed by atoms with Crippen molar-refractivity contribution in [3.05, 3.63) is 131 Å². The van der Waals surface area contributed by atoms with E-state index in [0.29, 0.717) is 13.1 Å². The van der Waals surface area contributed by atoms with Crippen molar-refractivity contribution in [1.82, 2.24) is 9.62 Å². The van der Waals surface area contributed by atoms with E-state index in [1.165, 1.54) is 18.2 Å². The Bertz CT molecular complexity index is 1380. The summed E-state index contributed by atoms with van der Waals surface area (Å²) < 4.78 is 33.7. The van der Waals surface area contributed by atoms with Crippen LogP contribution in [0.25, 0.3) is 0 Å². The summed E-state index contributed by atoms with van der Waals surface area (Å²) in [7, 11) is -3.78. The number of benzene rings is 4. The van der Waals surface area contributed by atoms with E-state index in [1.54, 1.807) is 4.90 Å². The molecule has 6 nitrogen and oxygen atoms in total. The summed E-state index contributed by atoms with van der Waals surface area (Å²) in [5.74, 6) is 0.0152. The third-order valence-electron chi connectivity index (χ3n) is 5.66. The monoisotopic (exact) mass is 534 g/mol. The standard InChI is InChI=1S/C29H27ClN2O4S/c30-27-18-26(37(34,35)31-19-23-10-4-1-5-11-23)16-17-28(27)36-22-29(33)32(20-24-12-6-2-7-13-24)21-25-14-8-3-9-15-25/h1-18,31H,19-22H2. The molecule has 0 spiro atoms. The first-order chi connectivity index (χ1) is 17.9. The average molecular weight is 535 g/mol. The number of halogens is 1. The van der Waals surface area contributed by atoms with Gasteiger partial charge in [0.2, 0.25) is 10.0 Å². The Kier molecular flexibility index (Phi) is 8.95. The van der Waals surface area contributed by atoms with Crippen molar-refractivity contribution in [2.24, 2.45) is 0 Å². The predicted molar refractivity (Wildman–Crippen MR) is 145 cm³/mol. The van der Waals surface area contributed by atoms with Crippen molar-refractivity contribution in [3.63, 3.8) is 0 Å². The van der Waals surface area contributed by atoms with Crippen LogP contribution in [-0.4, -0.2) is 25.8 Å². The number of carbonyl (C=O) groups is 1. The van der Waals surface area contributed by atoms with Gasteiger partial charge in [0.25, 0.3) is 5.91 Å². The van der Waals surface area contributed by atoms with E-state index in [-0.39, 0.29) is 34.7 Å². The van der Waals surface area contributed by atoms with Crippen LogP contribution >= 0.6 is 11.6 Å². The number of carbonyl (C=O) groups excluding carboxylic acids is 1. The van der Waals surface area contributed by atoms with Gasteiger partial charge in [0.15, 0.2) is 6.61 Å². The van der Waals surface area contributed by atoms with Crippen molar-refractivity contribution in [3.8, 4) is 5.75 Å². The largest absolute Gasteiger partial charge is 0.482 e. The van der Waals surface area contributed by atoms with Gasteiger partial charge in [-0.1, -0.05) is 103 Å². The van der Waals surface area contributed by atoms with Crippen LogP contribution in [0.5, 0.6) is 5.75 Å². The lowest BCUT2D eigenvalue weighted by atomic mass is 10.1. The van der Waals surface area contributed by atoms with Gasteiger partial charge in [0, 0.05) is 19.6 Å². The minimum Gasteiger partial charge on any atom is -0.482 e. The zero-order valence-corrected chi connectivity index (χ0v) is 21.7. The molecule has 8 heteroatoms. The second-order valence-electron chi connectivity index (χ2n) is 8.41. The minimum absolute atomic E-state index is 0.0156. The lowest BCUT2D eigenvalue weighted by molar-refractivity contribution is -0.134. The summed E-state index contributed by atoms with van der Waals surface area (Å²) >= 11 is 6.33. The molecule has 0 aromatic heterocycles. The number of nitrogens with one attached hydrogen (secondary N) is 1. The third-order valence-corrected chi connectivity index (χ3v) is 7.35. The van der Waals surface area contributed by atoms with Gasteiger partial charge in [-0.25, -0.2) is 13.1 Å². The Labute approximate surface area is 222 Å². The molecule has 0 saturated carbocycles. The summed E-state index contributed by atoms with van der Waals surface area (Å²) in [5, 5.41) is 0.105. The molecule has 4 aromatic carbocycles. The summed E-state index contributed by atoms with van der Waals surface area (Å²) in [6, 6.07) is 32.9. The van der Waals surface area contributed by atoms with Gasteiger partial charge in [0.1, 0.15) is 5.75 Å². The van der Waals surface area contributed by atoms with Crippen LogP contribution in [0, 0.1) is 0 Å². The molecule has 4 aromatic rings. The van der Waals surface area contributed by atoms with Crippen molar-refractivity contribution in [2.45, 2.75) is 24.5 Å². The molecule has 0 heterocycles. The van der Waals surface area contributed by atoms with Crippen LogP contribution in [-0.2, 0) is 34.5 Å². The topological polar surface area (TPSA) is 75.7 Å². The summed E-state index contributed by atoms with van der Waals surface area (Å²) in [4.78, 5) is 14.9. The lowest BCUT2D eigenvalue weighted by Crippen LogP contribution is -2.34. The second kappa shape index (κ2) is 12.5. The zero-order valence-electron chi connectivity index (χ0n) is 20.1. The highest BCUT2D eigenvalue weighted by Crippen LogP contribution is 2.27. The smallest absolute Gasteiger partial charge is 0.261 e. The fourth-order valence-electron chi connectivity index (χ4n) is 3.69. The maximum absolute atomic E-state index is 13.1. The summed E-state index contributed by atoms with van der Waals surface area (Å²) in [6.07, 6.45) is 0. The van der Waals surface area contributed by atoms with Crippen molar-refractivity contribution in [2.75, 3.05) is 6.61 Å². The Morgan fingerprint density at radius 2 is 1.27 bits per heavy atom.